The highest BCUT2D eigenvalue weighted by molar-refractivity contribution is 6.34. The van der Waals surface area contributed by atoms with Crippen LogP contribution in [-0.2, 0) is 0 Å². The van der Waals surface area contributed by atoms with Gasteiger partial charge in [0, 0.05) is 18.7 Å². The van der Waals surface area contributed by atoms with E-state index in [1.54, 1.807) is 6.08 Å². The smallest absolute Gasteiger partial charge is 0.123 e. The number of allylic oxidation sites excluding steroid dienone is 1. The lowest BCUT2D eigenvalue weighted by atomic mass is 9.56. The Balaban J connectivity index is 1.07. The van der Waals surface area contributed by atoms with Gasteiger partial charge in [-0.2, -0.15) is 0 Å². The molecule has 1 saturated heterocycles. The lowest BCUT2D eigenvalue weighted by Gasteiger charge is -2.52. The van der Waals surface area contributed by atoms with Gasteiger partial charge in [0.25, 0.3) is 0 Å². The molecular formula is C30H42ClFN4. The Hall–Kier alpha value is -1.72. The van der Waals surface area contributed by atoms with E-state index in [4.69, 9.17) is 22.4 Å². The summed E-state index contributed by atoms with van der Waals surface area (Å²) < 4.78 is 13.5. The molecule has 1 heterocycles. The second-order valence-electron chi connectivity index (χ2n) is 12.9. The highest BCUT2D eigenvalue weighted by Crippen LogP contribution is 2.60. The minimum Gasteiger partial charge on any atom is -0.370 e. The molecule has 4 nitrogen and oxygen atoms in total. The number of rotatable bonds is 7. The summed E-state index contributed by atoms with van der Waals surface area (Å²) in [6.45, 7) is 9.56. The van der Waals surface area contributed by atoms with Crippen LogP contribution in [0.2, 0.25) is 5.02 Å². The summed E-state index contributed by atoms with van der Waals surface area (Å²) in [6.07, 6.45) is 14.2. The van der Waals surface area contributed by atoms with E-state index in [1.807, 2.05) is 0 Å². The molecule has 3 atom stereocenters. The SMILES string of the molecule is CC1CC2CC(C)CC(CN3CCC4(CC3)CC4CNC(=N)/C=C\C(=N)c3cc(F)ccc3Cl)(C1)C2. The predicted molar refractivity (Wildman–Crippen MR) is 147 cm³/mol. The minimum atomic E-state index is -0.420. The molecule has 5 rings (SSSR count). The van der Waals surface area contributed by atoms with E-state index in [0.717, 1.165) is 24.3 Å². The van der Waals surface area contributed by atoms with Gasteiger partial charge in [-0.1, -0.05) is 25.4 Å². The average Bonchev–Trinajstić information content (AvgIpc) is 3.49. The van der Waals surface area contributed by atoms with Crippen molar-refractivity contribution in [3.05, 3.63) is 46.8 Å². The summed E-state index contributed by atoms with van der Waals surface area (Å²) in [5, 5.41) is 20.0. The summed E-state index contributed by atoms with van der Waals surface area (Å²) in [7, 11) is 0. The molecule has 0 amide bonds. The number of hydrogen-bond donors (Lipinski definition) is 3. The van der Waals surface area contributed by atoms with E-state index in [0.29, 0.717) is 33.2 Å². The molecule has 1 aromatic carbocycles. The highest BCUT2D eigenvalue weighted by atomic mass is 35.5. The molecule has 2 bridgehead atoms. The number of fused-ring (bicyclic) bond motifs is 2. The minimum absolute atomic E-state index is 0.104. The molecule has 3 aliphatic carbocycles. The second kappa shape index (κ2) is 10.2. The fourth-order valence-corrected chi connectivity index (χ4v) is 8.54. The van der Waals surface area contributed by atoms with Crippen molar-refractivity contribution in [2.45, 2.75) is 65.2 Å². The Morgan fingerprint density at radius 1 is 1.08 bits per heavy atom. The van der Waals surface area contributed by atoms with Crippen LogP contribution in [0.3, 0.4) is 0 Å². The molecule has 1 aliphatic heterocycles. The molecule has 3 unspecified atom stereocenters. The fourth-order valence-electron chi connectivity index (χ4n) is 8.32. The number of nitrogens with zero attached hydrogens (tertiary/aromatic N) is 1. The summed E-state index contributed by atoms with van der Waals surface area (Å²) in [4.78, 5) is 2.79. The molecular weight excluding hydrogens is 471 g/mol. The molecule has 196 valence electrons. The number of hydrogen-bond acceptors (Lipinski definition) is 3. The van der Waals surface area contributed by atoms with Gasteiger partial charge >= 0.3 is 0 Å². The number of likely N-dealkylation sites (tertiary alicyclic amines) is 1. The van der Waals surface area contributed by atoms with Crippen LogP contribution in [0.1, 0.15) is 70.8 Å². The van der Waals surface area contributed by atoms with Crippen LogP contribution in [0.15, 0.2) is 30.4 Å². The highest BCUT2D eigenvalue weighted by Gasteiger charge is 2.55. The van der Waals surface area contributed by atoms with E-state index in [1.165, 1.54) is 95.3 Å². The van der Waals surface area contributed by atoms with Crippen LogP contribution in [0, 0.1) is 51.1 Å². The Morgan fingerprint density at radius 3 is 2.47 bits per heavy atom. The Kier molecular flexibility index (Phi) is 7.35. The molecule has 1 spiro atoms. The van der Waals surface area contributed by atoms with Crippen molar-refractivity contribution in [3.8, 4) is 0 Å². The van der Waals surface area contributed by atoms with Crippen molar-refractivity contribution in [2.75, 3.05) is 26.2 Å². The quantitative estimate of drug-likeness (QED) is 0.274. The van der Waals surface area contributed by atoms with Crippen molar-refractivity contribution in [1.82, 2.24) is 10.2 Å². The van der Waals surface area contributed by atoms with Gasteiger partial charge in [-0.25, -0.2) is 4.39 Å². The van der Waals surface area contributed by atoms with Gasteiger partial charge in [0.15, 0.2) is 0 Å². The van der Waals surface area contributed by atoms with Crippen LogP contribution in [0.25, 0.3) is 0 Å². The van der Waals surface area contributed by atoms with E-state index in [2.05, 4.69) is 24.1 Å². The summed E-state index contributed by atoms with van der Waals surface area (Å²) in [5.74, 6) is 3.26. The Morgan fingerprint density at radius 2 is 1.78 bits per heavy atom. The zero-order valence-electron chi connectivity index (χ0n) is 21.9. The average molecular weight is 513 g/mol. The third-order valence-electron chi connectivity index (χ3n) is 9.70. The first-order chi connectivity index (χ1) is 17.2. The van der Waals surface area contributed by atoms with E-state index >= 15 is 0 Å². The molecule has 0 aromatic heterocycles. The molecule has 0 radical (unpaired) electrons. The number of benzene rings is 1. The number of halogens is 2. The first kappa shape index (κ1) is 25.9. The predicted octanol–water partition coefficient (Wildman–Crippen LogP) is 6.92. The maximum atomic E-state index is 13.5. The van der Waals surface area contributed by atoms with E-state index in [-0.39, 0.29) is 5.71 Å². The number of amidine groups is 1. The monoisotopic (exact) mass is 512 g/mol. The van der Waals surface area contributed by atoms with Crippen LogP contribution in [0.5, 0.6) is 0 Å². The van der Waals surface area contributed by atoms with Crippen molar-refractivity contribution < 1.29 is 4.39 Å². The molecule has 6 heteroatoms. The van der Waals surface area contributed by atoms with E-state index in [9.17, 15) is 4.39 Å². The van der Waals surface area contributed by atoms with Gasteiger partial charge in [-0.15, -0.1) is 0 Å². The zero-order valence-corrected chi connectivity index (χ0v) is 22.6. The summed E-state index contributed by atoms with van der Waals surface area (Å²) >= 11 is 6.09. The van der Waals surface area contributed by atoms with Crippen molar-refractivity contribution in [2.24, 2.45) is 34.5 Å². The standard InChI is InChI=1S/C30H42ClFN4/c1-20-11-22-12-21(2)15-29(14-20,16-22)19-36-9-7-30(8-10-36)17-23(30)18-35-28(34)6-5-27(33)25-13-24(32)3-4-26(25)31/h3-6,13,20-23,33H,7-12,14-19H2,1-2H3,(H2,34,35)/b6-5-,33-27?. The second-order valence-corrected chi connectivity index (χ2v) is 13.3. The lowest BCUT2D eigenvalue weighted by molar-refractivity contribution is -0.0181. The van der Waals surface area contributed by atoms with Gasteiger partial charge in [-0.3, -0.25) is 5.41 Å². The first-order valence-corrected chi connectivity index (χ1v) is 14.3. The van der Waals surface area contributed by atoms with Gasteiger partial charge < -0.3 is 15.6 Å². The van der Waals surface area contributed by atoms with Crippen LogP contribution in [-0.4, -0.2) is 42.6 Å². The summed E-state index contributed by atoms with van der Waals surface area (Å²) in [5.41, 5.74) is 1.48. The summed E-state index contributed by atoms with van der Waals surface area (Å²) in [6, 6.07) is 4.00. The van der Waals surface area contributed by atoms with Gasteiger partial charge in [-0.05, 0) is 129 Å². The molecule has 4 fully saturated rings. The van der Waals surface area contributed by atoms with Crippen LogP contribution in [0.4, 0.5) is 4.39 Å². The maximum absolute atomic E-state index is 13.5. The van der Waals surface area contributed by atoms with Crippen molar-refractivity contribution in [3.63, 3.8) is 0 Å². The third kappa shape index (κ3) is 5.72. The lowest BCUT2D eigenvalue weighted by Crippen LogP contribution is -2.48. The molecule has 3 N–H and O–H groups in total. The molecule has 4 aliphatic rings. The van der Waals surface area contributed by atoms with Gasteiger partial charge in [0.05, 0.1) is 10.7 Å². The van der Waals surface area contributed by atoms with E-state index < -0.39 is 5.82 Å². The van der Waals surface area contributed by atoms with Crippen molar-refractivity contribution in [1.29, 1.82) is 10.8 Å². The zero-order chi connectivity index (χ0) is 25.5. The first-order valence-electron chi connectivity index (χ1n) is 13.9. The number of nitrogens with one attached hydrogen (secondary N) is 3. The van der Waals surface area contributed by atoms with Crippen LogP contribution >= 0.6 is 11.6 Å². The van der Waals surface area contributed by atoms with Crippen molar-refractivity contribution >= 4 is 23.1 Å². The normalized spacial score (nSPS) is 33.6. The van der Waals surface area contributed by atoms with Crippen LogP contribution < -0.4 is 5.32 Å². The third-order valence-corrected chi connectivity index (χ3v) is 10.0. The maximum Gasteiger partial charge on any atom is 0.123 e. The Bertz CT molecular complexity index is 1010. The molecule has 1 aromatic rings. The molecule has 36 heavy (non-hydrogen) atoms. The Labute approximate surface area is 221 Å². The largest absolute Gasteiger partial charge is 0.370 e. The number of piperidine rings is 1. The fraction of sp³-hybridized carbons (Fsp3) is 0.667. The molecule has 3 saturated carbocycles. The topological polar surface area (TPSA) is 63.0 Å². The van der Waals surface area contributed by atoms with Gasteiger partial charge in [0.2, 0.25) is 0 Å². The van der Waals surface area contributed by atoms with Gasteiger partial charge in [0.1, 0.15) is 11.7 Å².